The zero-order valence-electron chi connectivity index (χ0n) is 16.5. The van der Waals surface area contributed by atoms with Gasteiger partial charge in [0.1, 0.15) is 6.61 Å². The summed E-state index contributed by atoms with van der Waals surface area (Å²) in [5.74, 6) is 1.31. The molecule has 0 atom stereocenters. The third kappa shape index (κ3) is 6.53. The van der Waals surface area contributed by atoms with Gasteiger partial charge in [-0.15, -0.1) is 0 Å². The maximum atomic E-state index is 6.22. The number of nitrogens with zero attached hydrogens (tertiary/aromatic N) is 1. The SMILES string of the molecule is CCN(CC)CCNCc1cc(OC)c(OCc2c(Cl)cccc2Cl)cc1Br. The topological polar surface area (TPSA) is 33.7 Å². The quantitative estimate of drug-likeness (QED) is 0.406. The van der Waals surface area contributed by atoms with Crippen LogP contribution in [0.5, 0.6) is 11.5 Å². The van der Waals surface area contributed by atoms with Crippen molar-refractivity contribution in [3.05, 3.63) is 56.0 Å². The third-order valence-corrected chi connectivity index (χ3v) is 6.03. The first-order valence-electron chi connectivity index (χ1n) is 9.35. The number of benzene rings is 2. The standard InChI is InChI=1S/C21H27BrCl2N2O2/c1-4-26(5-2)10-9-25-13-15-11-20(27-3)21(12-17(15)22)28-14-16-18(23)7-6-8-19(16)24/h6-8,11-12,25H,4-5,9-10,13-14H2,1-3H3. The van der Waals surface area contributed by atoms with Crippen LogP contribution in [0.1, 0.15) is 25.0 Å². The summed E-state index contributed by atoms with van der Waals surface area (Å²) in [5.41, 5.74) is 1.87. The minimum absolute atomic E-state index is 0.267. The molecule has 0 aliphatic heterocycles. The van der Waals surface area contributed by atoms with E-state index in [-0.39, 0.29) is 6.61 Å². The van der Waals surface area contributed by atoms with Crippen LogP contribution in [-0.2, 0) is 13.2 Å². The van der Waals surface area contributed by atoms with Crippen LogP contribution < -0.4 is 14.8 Å². The van der Waals surface area contributed by atoms with Gasteiger partial charge in [-0.25, -0.2) is 0 Å². The highest BCUT2D eigenvalue weighted by atomic mass is 79.9. The Bertz CT molecular complexity index is 750. The Morgan fingerprint density at radius 2 is 1.75 bits per heavy atom. The van der Waals surface area contributed by atoms with Crippen LogP contribution in [0.3, 0.4) is 0 Å². The van der Waals surface area contributed by atoms with Crippen LogP contribution in [0, 0.1) is 0 Å². The molecule has 4 nitrogen and oxygen atoms in total. The number of ether oxygens (including phenoxy) is 2. The summed E-state index contributed by atoms with van der Waals surface area (Å²) in [6, 6.07) is 9.31. The van der Waals surface area contributed by atoms with Gasteiger partial charge in [0.2, 0.25) is 0 Å². The van der Waals surface area contributed by atoms with E-state index < -0.39 is 0 Å². The largest absolute Gasteiger partial charge is 0.493 e. The molecule has 0 aliphatic carbocycles. The second-order valence-electron chi connectivity index (χ2n) is 6.29. The van der Waals surface area contributed by atoms with E-state index in [4.69, 9.17) is 32.7 Å². The minimum Gasteiger partial charge on any atom is -0.493 e. The van der Waals surface area contributed by atoms with Crippen molar-refractivity contribution in [2.75, 3.05) is 33.3 Å². The maximum Gasteiger partial charge on any atom is 0.162 e. The second-order valence-corrected chi connectivity index (χ2v) is 7.96. The van der Waals surface area contributed by atoms with Crippen molar-refractivity contribution >= 4 is 39.1 Å². The molecule has 2 aromatic rings. The molecule has 0 bridgehead atoms. The normalized spacial score (nSPS) is 11.1. The minimum atomic E-state index is 0.267. The molecular formula is C21H27BrCl2N2O2. The van der Waals surface area contributed by atoms with Crippen molar-refractivity contribution in [3.8, 4) is 11.5 Å². The Labute approximate surface area is 186 Å². The second kappa shape index (κ2) is 11.9. The number of likely N-dealkylation sites (N-methyl/N-ethyl adjacent to an activating group) is 1. The average Bonchev–Trinajstić information content (AvgIpc) is 2.69. The van der Waals surface area contributed by atoms with E-state index in [1.165, 1.54) is 0 Å². The highest BCUT2D eigenvalue weighted by Gasteiger charge is 2.13. The highest BCUT2D eigenvalue weighted by molar-refractivity contribution is 9.10. The van der Waals surface area contributed by atoms with Gasteiger partial charge >= 0.3 is 0 Å². The summed E-state index contributed by atoms with van der Waals surface area (Å²) in [7, 11) is 1.64. The fourth-order valence-electron chi connectivity index (χ4n) is 2.81. The van der Waals surface area contributed by atoms with Crippen molar-refractivity contribution < 1.29 is 9.47 Å². The van der Waals surface area contributed by atoms with Gasteiger partial charge in [0.05, 0.1) is 7.11 Å². The molecule has 0 aromatic heterocycles. The molecule has 0 saturated heterocycles. The molecule has 28 heavy (non-hydrogen) atoms. The van der Waals surface area contributed by atoms with Gasteiger partial charge in [0.25, 0.3) is 0 Å². The van der Waals surface area contributed by atoms with Gasteiger partial charge in [0, 0.05) is 39.7 Å². The molecule has 0 radical (unpaired) electrons. The Kier molecular flexibility index (Phi) is 9.89. The molecule has 1 N–H and O–H groups in total. The predicted octanol–water partition coefficient (Wildman–Crippen LogP) is 5.77. The summed E-state index contributed by atoms with van der Waals surface area (Å²) in [6.45, 7) is 9.46. The molecule has 0 fully saturated rings. The zero-order valence-corrected chi connectivity index (χ0v) is 19.6. The Morgan fingerprint density at radius 1 is 1.07 bits per heavy atom. The summed E-state index contributed by atoms with van der Waals surface area (Å²) >= 11 is 16.1. The lowest BCUT2D eigenvalue weighted by molar-refractivity contribution is 0.284. The molecule has 154 valence electrons. The number of hydrogen-bond donors (Lipinski definition) is 1. The summed E-state index contributed by atoms with van der Waals surface area (Å²) in [6.07, 6.45) is 0. The van der Waals surface area contributed by atoms with E-state index in [1.54, 1.807) is 19.2 Å². The summed E-state index contributed by atoms with van der Waals surface area (Å²) in [4.78, 5) is 2.39. The van der Waals surface area contributed by atoms with E-state index in [2.05, 4.69) is 40.0 Å². The number of halogens is 3. The smallest absolute Gasteiger partial charge is 0.162 e. The molecule has 0 heterocycles. The molecule has 2 rings (SSSR count). The van der Waals surface area contributed by atoms with E-state index >= 15 is 0 Å². The van der Waals surface area contributed by atoms with Crippen molar-refractivity contribution in [2.45, 2.75) is 27.0 Å². The Morgan fingerprint density at radius 3 is 2.36 bits per heavy atom. The maximum absolute atomic E-state index is 6.22. The van der Waals surface area contributed by atoms with E-state index in [0.717, 1.165) is 48.3 Å². The Hall–Kier alpha value is -0.980. The van der Waals surface area contributed by atoms with Crippen LogP contribution in [0.25, 0.3) is 0 Å². The number of hydrogen-bond acceptors (Lipinski definition) is 4. The first-order valence-corrected chi connectivity index (χ1v) is 10.9. The van der Waals surface area contributed by atoms with Crippen molar-refractivity contribution in [3.63, 3.8) is 0 Å². The Balaban J connectivity index is 2.02. The molecule has 7 heteroatoms. The molecule has 0 spiro atoms. The number of rotatable bonds is 11. The predicted molar refractivity (Wildman–Crippen MR) is 121 cm³/mol. The van der Waals surface area contributed by atoms with Crippen LogP contribution in [0.15, 0.2) is 34.8 Å². The van der Waals surface area contributed by atoms with Gasteiger partial charge < -0.3 is 19.7 Å². The lowest BCUT2D eigenvalue weighted by Gasteiger charge is -2.18. The molecule has 0 unspecified atom stereocenters. The molecule has 0 aliphatic rings. The summed E-state index contributed by atoms with van der Waals surface area (Å²) < 4.78 is 12.4. The van der Waals surface area contributed by atoms with Crippen LogP contribution in [-0.4, -0.2) is 38.2 Å². The number of nitrogens with one attached hydrogen (secondary N) is 1. The van der Waals surface area contributed by atoms with Gasteiger partial charge in [-0.2, -0.15) is 0 Å². The van der Waals surface area contributed by atoms with Crippen molar-refractivity contribution in [2.24, 2.45) is 0 Å². The number of methoxy groups -OCH3 is 1. The van der Waals surface area contributed by atoms with Gasteiger partial charge in [-0.05, 0) is 42.9 Å². The van der Waals surface area contributed by atoms with E-state index in [9.17, 15) is 0 Å². The van der Waals surface area contributed by atoms with Crippen LogP contribution >= 0.6 is 39.1 Å². The third-order valence-electron chi connectivity index (χ3n) is 4.58. The first-order chi connectivity index (χ1) is 13.5. The van der Waals surface area contributed by atoms with E-state index in [0.29, 0.717) is 21.5 Å². The first kappa shape index (κ1) is 23.3. The van der Waals surface area contributed by atoms with Gasteiger partial charge in [0.15, 0.2) is 11.5 Å². The monoisotopic (exact) mass is 488 g/mol. The fourth-order valence-corrected chi connectivity index (χ4v) is 3.77. The average molecular weight is 490 g/mol. The molecule has 0 amide bonds. The highest BCUT2D eigenvalue weighted by Crippen LogP contribution is 2.35. The van der Waals surface area contributed by atoms with Crippen molar-refractivity contribution in [1.29, 1.82) is 0 Å². The lowest BCUT2D eigenvalue weighted by atomic mass is 10.2. The van der Waals surface area contributed by atoms with E-state index in [1.807, 2.05) is 18.2 Å². The zero-order chi connectivity index (χ0) is 20.5. The van der Waals surface area contributed by atoms with Crippen molar-refractivity contribution in [1.82, 2.24) is 10.2 Å². The molecule has 2 aromatic carbocycles. The summed E-state index contributed by atoms with van der Waals surface area (Å²) in [5, 5.41) is 4.65. The molecule has 0 saturated carbocycles. The van der Waals surface area contributed by atoms with Crippen LogP contribution in [0.2, 0.25) is 10.0 Å². The lowest BCUT2D eigenvalue weighted by Crippen LogP contribution is -2.31. The van der Waals surface area contributed by atoms with Gasteiger partial charge in [-0.3, -0.25) is 0 Å². The molecular weight excluding hydrogens is 463 g/mol. The van der Waals surface area contributed by atoms with Crippen LogP contribution in [0.4, 0.5) is 0 Å². The van der Waals surface area contributed by atoms with Gasteiger partial charge in [-0.1, -0.05) is 59.0 Å². The fraction of sp³-hybridized carbons (Fsp3) is 0.429.